The quantitative estimate of drug-likeness (QED) is 0.826. The van der Waals surface area contributed by atoms with Crippen molar-refractivity contribution in [3.05, 3.63) is 28.8 Å². The smallest absolute Gasteiger partial charge is 0.137 e. The lowest BCUT2D eigenvalue weighted by molar-refractivity contribution is 0.191. The number of aryl methyl sites for hydroxylation is 2. The molecule has 96 valence electrons. The number of hydrogen-bond acceptors (Lipinski definition) is 2. The van der Waals surface area contributed by atoms with E-state index in [2.05, 4.69) is 6.92 Å². The fourth-order valence-corrected chi connectivity index (χ4v) is 2.08. The highest BCUT2D eigenvalue weighted by Crippen LogP contribution is 2.31. The van der Waals surface area contributed by atoms with Crippen molar-refractivity contribution in [1.29, 1.82) is 0 Å². The second-order valence-electron chi connectivity index (χ2n) is 4.10. The summed E-state index contributed by atoms with van der Waals surface area (Å²) in [6, 6.07) is 3.80. The van der Waals surface area contributed by atoms with Gasteiger partial charge in [-0.05, 0) is 49.1 Å². The van der Waals surface area contributed by atoms with E-state index in [-0.39, 0.29) is 0 Å². The summed E-state index contributed by atoms with van der Waals surface area (Å²) < 4.78 is 5.56. The number of aliphatic hydroxyl groups is 1. The molecule has 0 aromatic heterocycles. The minimum Gasteiger partial charge on any atom is -0.494 e. The highest BCUT2D eigenvalue weighted by Gasteiger charge is 2.20. The largest absolute Gasteiger partial charge is 0.494 e. The van der Waals surface area contributed by atoms with Gasteiger partial charge in [-0.3, -0.25) is 0 Å². The van der Waals surface area contributed by atoms with Crippen molar-refractivity contribution in [1.82, 2.24) is 0 Å². The maximum absolute atomic E-state index is 9.92. The Bertz CT molecular complexity index is 355. The maximum atomic E-state index is 9.92. The van der Waals surface area contributed by atoms with E-state index in [1.807, 2.05) is 26.0 Å². The molecule has 17 heavy (non-hydrogen) atoms. The normalized spacial score (nSPS) is 12.9. The van der Waals surface area contributed by atoms with E-state index in [1.165, 1.54) is 0 Å². The highest BCUT2D eigenvalue weighted by molar-refractivity contribution is 6.44. The number of halogens is 2. The van der Waals surface area contributed by atoms with E-state index < -0.39 is 10.9 Å². The van der Waals surface area contributed by atoms with Crippen LogP contribution in [0, 0.1) is 13.8 Å². The summed E-state index contributed by atoms with van der Waals surface area (Å²) in [6.45, 7) is 6.58. The zero-order chi connectivity index (χ0) is 13.0. The summed E-state index contributed by atoms with van der Waals surface area (Å²) >= 11 is 11.4. The average Bonchev–Trinajstić information content (AvgIpc) is 2.25. The molecule has 1 rings (SSSR count). The van der Waals surface area contributed by atoms with Crippen LogP contribution in [0.2, 0.25) is 0 Å². The molecule has 0 heterocycles. The second-order valence-corrected chi connectivity index (χ2v) is 5.26. The number of alkyl halides is 2. The van der Waals surface area contributed by atoms with Gasteiger partial charge in [-0.25, -0.2) is 0 Å². The summed E-state index contributed by atoms with van der Waals surface area (Å²) in [6.07, 6.45) is 0.104. The lowest BCUT2D eigenvalue weighted by atomic mass is 9.98. The zero-order valence-electron chi connectivity index (χ0n) is 10.3. The van der Waals surface area contributed by atoms with Crippen LogP contribution in [0.3, 0.4) is 0 Å². The number of hydrogen-bond donors (Lipinski definition) is 1. The van der Waals surface area contributed by atoms with Crippen molar-refractivity contribution in [2.45, 2.75) is 38.1 Å². The van der Waals surface area contributed by atoms with Crippen LogP contribution in [0.25, 0.3) is 0 Å². The fourth-order valence-electron chi connectivity index (χ4n) is 1.83. The Labute approximate surface area is 113 Å². The molecule has 0 aliphatic carbocycles. The first-order valence-corrected chi connectivity index (χ1v) is 6.54. The van der Waals surface area contributed by atoms with Crippen molar-refractivity contribution in [3.63, 3.8) is 0 Å². The molecular weight excluding hydrogens is 259 g/mol. The molecule has 0 spiro atoms. The number of aliphatic hydroxyl groups excluding tert-OH is 1. The molecule has 0 aliphatic heterocycles. The van der Waals surface area contributed by atoms with E-state index >= 15 is 0 Å². The van der Waals surface area contributed by atoms with Crippen molar-refractivity contribution >= 4 is 23.2 Å². The van der Waals surface area contributed by atoms with E-state index in [1.54, 1.807) is 0 Å². The van der Waals surface area contributed by atoms with Crippen molar-refractivity contribution < 1.29 is 9.84 Å². The number of ether oxygens (including phenoxy) is 1. The SMILES string of the molecule is CCCOc1cc(C)c(C(O)C(Cl)Cl)c(C)c1. The second kappa shape index (κ2) is 6.48. The molecule has 1 N–H and O–H groups in total. The van der Waals surface area contributed by atoms with Crippen LogP contribution in [0.1, 0.15) is 36.1 Å². The van der Waals surface area contributed by atoms with Crippen LogP contribution >= 0.6 is 23.2 Å². The molecule has 1 aromatic carbocycles. The molecule has 0 fully saturated rings. The summed E-state index contributed by atoms with van der Waals surface area (Å²) in [5, 5.41) is 9.92. The van der Waals surface area contributed by atoms with Crippen molar-refractivity contribution in [2.75, 3.05) is 6.61 Å². The van der Waals surface area contributed by atoms with Crippen LogP contribution in [0.5, 0.6) is 5.75 Å². The van der Waals surface area contributed by atoms with E-state index in [0.29, 0.717) is 6.61 Å². The van der Waals surface area contributed by atoms with Gasteiger partial charge in [0.05, 0.1) is 6.61 Å². The van der Waals surface area contributed by atoms with Crippen LogP contribution < -0.4 is 4.74 Å². The summed E-state index contributed by atoms with van der Waals surface area (Å²) in [7, 11) is 0. The first-order valence-electron chi connectivity index (χ1n) is 5.67. The van der Waals surface area contributed by atoms with Crippen molar-refractivity contribution in [3.8, 4) is 5.75 Å². The maximum Gasteiger partial charge on any atom is 0.137 e. The Kier molecular flexibility index (Phi) is 5.57. The Morgan fingerprint density at radius 3 is 2.18 bits per heavy atom. The van der Waals surface area contributed by atoms with Gasteiger partial charge in [0.1, 0.15) is 16.7 Å². The molecule has 2 nitrogen and oxygen atoms in total. The molecule has 0 saturated carbocycles. The van der Waals surface area contributed by atoms with Gasteiger partial charge in [-0.2, -0.15) is 0 Å². The van der Waals surface area contributed by atoms with E-state index in [9.17, 15) is 5.11 Å². The number of benzene rings is 1. The first-order chi connectivity index (χ1) is 7.97. The Morgan fingerprint density at radius 2 is 1.76 bits per heavy atom. The summed E-state index contributed by atoms with van der Waals surface area (Å²) in [5.41, 5.74) is 2.66. The van der Waals surface area contributed by atoms with Gasteiger partial charge in [-0.15, -0.1) is 23.2 Å². The third kappa shape index (κ3) is 3.77. The molecule has 0 radical (unpaired) electrons. The summed E-state index contributed by atoms with van der Waals surface area (Å²) in [5.74, 6) is 0.818. The highest BCUT2D eigenvalue weighted by atomic mass is 35.5. The molecule has 0 amide bonds. The Hall–Kier alpha value is -0.440. The minimum atomic E-state index is -0.862. The fraction of sp³-hybridized carbons (Fsp3) is 0.538. The van der Waals surface area contributed by atoms with Crippen LogP contribution in [0.4, 0.5) is 0 Å². The van der Waals surface area contributed by atoms with E-state index in [4.69, 9.17) is 27.9 Å². The van der Waals surface area contributed by atoms with Crippen LogP contribution in [0.15, 0.2) is 12.1 Å². The zero-order valence-corrected chi connectivity index (χ0v) is 11.8. The van der Waals surface area contributed by atoms with Gasteiger partial charge < -0.3 is 9.84 Å². The van der Waals surface area contributed by atoms with Gasteiger partial charge in [-0.1, -0.05) is 6.92 Å². The average molecular weight is 277 g/mol. The van der Waals surface area contributed by atoms with Gasteiger partial charge in [0.15, 0.2) is 0 Å². The molecule has 1 unspecified atom stereocenters. The standard InChI is InChI=1S/C13H18Cl2O2/c1-4-5-17-10-6-8(2)11(9(3)7-10)12(16)13(14)15/h6-7,12-13,16H,4-5H2,1-3H3. The molecular formula is C13H18Cl2O2. The van der Waals surface area contributed by atoms with Gasteiger partial charge in [0.25, 0.3) is 0 Å². The summed E-state index contributed by atoms with van der Waals surface area (Å²) in [4.78, 5) is -0.824. The monoisotopic (exact) mass is 276 g/mol. The van der Waals surface area contributed by atoms with Gasteiger partial charge in [0, 0.05) is 0 Å². The first kappa shape index (κ1) is 14.6. The van der Waals surface area contributed by atoms with E-state index in [0.717, 1.165) is 28.9 Å². The third-order valence-electron chi connectivity index (χ3n) is 2.57. The minimum absolute atomic E-state index is 0.689. The van der Waals surface area contributed by atoms with Crippen LogP contribution in [-0.4, -0.2) is 16.5 Å². The Morgan fingerprint density at radius 1 is 1.24 bits per heavy atom. The molecule has 4 heteroatoms. The molecule has 0 bridgehead atoms. The molecule has 1 aromatic rings. The predicted molar refractivity (Wildman–Crippen MR) is 72.2 cm³/mol. The third-order valence-corrected chi connectivity index (χ3v) is 3.05. The molecule has 0 aliphatic rings. The van der Waals surface area contributed by atoms with Gasteiger partial charge >= 0.3 is 0 Å². The lowest BCUT2D eigenvalue weighted by Crippen LogP contribution is -2.10. The topological polar surface area (TPSA) is 29.5 Å². The van der Waals surface area contributed by atoms with Crippen molar-refractivity contribution in [2.24, 2.45) is 0 Å². The lowest BCUT2D eigenvalue weighted by Gasteiger charge is -2.18. The number of rotatable bonds is 5. The Balaban J connectivity index is 3.02. The molecule has 0 saturated heterocycles. The van der Waals surface area contributed by atoms with Gasteiger partial charge in [0.2, 0.25) is 0 Å². The predicted octanol–water partition coefficient (Wildman–Crippen LogP) is 3.93. The van der Waals surface area contributed by atoms with Crippen LogP contribution in [-0.2, 0) is 0 Å². The molecule has 1 atom stereocenters.